The minimum Gasteiger partial charge on any atom is -0.462 e. The molecule has 0 unspecified atom stereocenters. The first-order valence-electron chi connectivity index (χ1n) is 6.26. The van der Waals surface area contributed by atoms with Crippen LogP contribution in [0.3, 0.4) is 0 Å². The average Bonchev–Trinajstić information content (AvgIpc) is 2.79. The zero-order chi connectivity index (χ0) is 16.5. The summed E-state index contributed by atoms with van der Waals surface area (Å²) in [7, 11) is 0. The number of esters is 1. The molecular weight excluding hydrogens is 306 g/mol. The van der Waals surface area contributed by atoms with E-state index in [-0.39, 0.29) is 29.2 Å². The van der Waals surface area contributed by atoms with Gasteiger partial charge in [0, 0.05) is 5.56 Å². The number of aryl methyl sites for hydroxylation is 1. The predicted octanol–water partition coefficient (Wildman–Crippen LogP) is 3.98. The van der Waals surface area contributed by atoms with Crippen molar-refractivity contribution < 1.29 is 31.6 Å². The third-order valence-electron chi connectivity index (χ3n) is 2.89. The lowest BCUT2D eigenvalue weighted by Crippen LogP contribution is -2.08. The Labute approximate surface area is 122 Å². The molecule has 1 aromatic carbocycles. The minimum absolute atomic E-state index is 0.0817. The molecule has 0 fully saturated rings. The number of nitrogens with zero attached hydrogens (tertiary/aromatic N) is 1. The quantitative estimate of drug-likeness (QED) is 0.634. The smallest absolute Gasteiger partial charge is 0.416 e. The molecule has 0 N–H and O–H groups in total. The van der Waals surface area contributed by atoms with Crippen LogP contribution in [0.25, 0.3) is 11.3 Å². The van der Waals surface area contributed by atoms with Gasteiger partial charge < -0.3 is 9.26 Å². The third kappa shape index (κ3) is 2.95. The van der Waals surface area contributed by atoms with Crippen molar-refractivity contribution in [3.05, 3.63) is 40.9 Å². The number of carbonyl (C=O) groups excluding carboxylic acids is 1. The van der Waals surface area contributed by atoms with Crippen molar-refractivity contribution in [3.63, 3.8) is 0 Å². The second kappa shape index (κ2) is 5.78. The highest BCUT2D eigenvalue weighted by molar-refractivity contribution is 5.97. The molecule has 0 saturated heterocycles. The van der Waals surface area contributed by atoms with Crippen molar-refractivity contribution in [2.45, 2.75) is 20.0 Å². The first-order chi connectivity index (χ1) is 10.3. The van der Waals surface area contributed by atoms with Crippen molar-refractivity contribution in [1.82, 2.24) is 5.16 Å². The second-order valence-electron chi connectivity index (χ2n) is 4.38. The number of carbonyl (C=O) groups is 1. The largest absolute Gasteiger partial charge is 0.462 e. The lowest BCUT2D eigenvalue weighted by molar-refractivity contribution is -0.137. The van der Waals surface area contributed by atoms with E-state index in [0.29, 0.717) is 12.1 Å². The van der Waals surface area contributed by atoms with E-state index in [1.165, 1.54) is 6.92 Å². The molecule has 0 aliphatic heterocycles. The molecule has 22 heavy (non-hydrogen) atoms. The molecule has 2 rings (SSSR count). The van der Waals surface area contributed by atoms with Gasteiger partial charge in [-0.3, -0.25) is 0 Å². The van der Waals surface area contributed by atoms with Crippen LogP contribution in [-0.4, -0.2) is 17.7 Å². The molecule has 2 aromatic rings. The number of rotatable bonds is 3. The summed E-state index contributed by atoms with van der Waals surface area (Å²) in [5.74, 6) is -1.85. The van der Waals surface area contributed by atoms with Gasteiger partial charge in [-0.1, -0.05) is 5.16 Å². The highest BCUT2D eigenvalue weighted by Crippen LogP contribution is 2.34. The molecule has 4 nitrogen and oxygen atoms in total. The van der Waals surface area contributed by atoms with E-state index in [9.17, 15) is 22.4 Å². The summed E-state index contributed by atoms with van der Waals surface area (Å²) in [6.45, 7) is 3.09. The molecule has 0 radical (unpaired) electrons. The van der Waals surface area contributed by atoms with Crippen molar-refractivity contribution in [2.24, 2.45) is 0 Å². The molecule has 1 aromatic heterocycles. The maximum atomic E-state index is 14.0. The monoisotopic (exact) mass is 317 g/mol. The summed E-state index contributed by atoms with van der Waals surface area (Å²) in [5, 5.41) is 3.54. The fourth-order valence-corrected chi connectivity index (χ4v) is 1.88. The van der Waals surface area contributed by atoms with Gasteiger partial charge in [-0.05, 0) is 32.0 Å². The van der Waals surface area contributed by atoms with E-state index in [2.05, 4.69) is 5.16 Å². The highest BCUT2D eigenvalue weighted by atomic mass is 19.4. The Morgan fingerprint density at radius 1 is 1.36 bits per heavy atom. The molecule has 8 heteroatoms. The van der Waals surface area contributed by atoms with Crippen LogP contribution in [0.4, 0.5) is 17.6 Å². The summed E-state index contributed by atoms with van der Waals surface area (Å²) < 4.78 is 61.2. The Morgan fingerprint density at radius 3 is 2.59 bits per heavy atom. The zero-order valence-electron chi connectivity index (χ0n) is 11.6. The molecule has 118 valence electrons. The molecule has 0 spiro atoms. The normalized spacial score (nSPS) is 11.5. The molecule has 0 amide bonds. The van der Waals surface area contributed by atoms with Crippen LogP contribution in [0.5, 0.6) is 0 Å². The second-order valence-corrected chi connectivity index (χ2v) is 4.38. The van der Waals surface area contributed by atoms with Crippen LogP contribution in [-0.2, 0) is 10.9 Å². The Bertz CT molecular complexity index is 707. The van der Waals surface area contributed by atoms with Gasteiger partial charge in [-0.15, -0.1) is 0 Å². The Hall–Kier alpha value is -2.38. The lowest BCUT2D eigenvalue weighted by atomic mass is 10.0. The lowest BCUT2D eigenvalue weighted by Gasteiger charge is -2.08. The van der Waals surface area contributed by atoms with Crippen molar-refractivity contribution in [3.8, 4) is 11.3 Å². The van der Waals surface area contributed by atoms with Gasteiger partial charge in [0.25, 0.3) is 0 Å². The maximum Gasteiger partial charge on any atom is 0.416 e. The topological polar surface area (TPSA) is 52.3 Å². The number of alkyl halides is 3. The SMILES string of the molecule is CCOC(=O)c1c(-c2ccc(C(F)(F)F)cc2F)noc1C. The van der Waals surface area contributed by atoms with E-state index in [0.717, 1.165) is 6.07 Å². The first kappa shape index (κ1) is 16.0. The molecular formula is C14H11F4NO3. The molecule has 0 atom stereocenters. The van der Waals surface area contributed by atoms with E-state index in [1.54, 1.807) is 6.92 Å². The number of hydrogen-bond acceptors (Lipinski definition) is 4. The molecule has 1 heterocycles. The van der Waals surface area contributed by atoms with Crippen LogP contribution >= 0.6 is 0 Å². The zero-order valence-corrected chi connectivity index (χ0v) is 11.6. The maximum absolute atomic E-state index is 14.0. The Kier molecular flexibility index (Phi) is 4.20. The number of hydrogen-bond donors (Lipinski definition) is 0. The summed E-state index contributed by atoms with van der Waals surface area (Å²) in [6, 6.07) is 1.95. The molecule has 0 saturated carbocycles. The number of halogens is 4. The van der Waals surface area contributed by atoms with Crippen LogP contribution in [0, 0.1) is 12.7 Å². The number of ether oxygens (including phenoxy) is 1. The van der Waals surface area contributed by atoms with Gasteiger partial charge in [0.15, 0.2) is 0 Å². The van der Waals surface area contributed by atoms with E-state index in [1.807, 2.05) is 0 Å². The van der Waals surface area contributed by atoms with Gasteiger partial charge in [-0.25, -0.2) is 9.18 Å². The standard InChI is InChI=1S/C14H11F4NO3/c1-3-21-13(20)11-7(2)22-19-12(11)9-5-4-8(6-10(9)15)14(16,17)18/h4-6H,3H2,1-2H3. The summed E-state index contributed by atoms with van der Waals surface area (Å²) in [6.07, 6.45) is -4.66. The highest BCUT2D eigenvalue weighted by Gasteiger charge is 2.32. The summed E-state index contributed by atoms with van der Waals surface area (Å²) in [5.41, 5.74) is -1.71. The average molecular weight is 317 g/mol. The molecule has 0 bridgehead atoms. The third-order valence-corrected chi connectivity index (χ3v) is 2.89. The fourth-order valence-electron chi connectivity index (χ4n) is 1.88. The Balaban J connectivity index is 2.52. The first-order valence-corrected chi connectivity index (χ1v) is 6.26. The van der Waals surface area contributed by atoms with Gasteiger partial charge in [0.05, 0.1) is 12.2 Å². The van der Waals surface area contributed by atoms with Gasteiger partial charge in [0.2, 0.25) is 0 Å². The minimum atomic E-state index is -4.66. The summed E-state index contributed by atoms with van der Waals surface area (Å²) >= 11 is 0. The van der Waals surface area contributed by atoms with Crippen LogP contribution in [0.15, 0.2) is 22.7 Å². The van der Waals surface area contributed by atoms with E-state index >= 15 is 0 Å². The van der Waals surface area contributed by atoms with E-state index < -0.39 is 23.5 Å². The molecule has 0 aliphatic carbocycles. The number of aromatic nitrogens is 1. The fraction of sp³-hybridized carbons (Fsp3) is 0.286. The van der Waals surface area contributed by atoms with Gasteiger partial charge in [-0.2, -0.15) is 13.2 Å². The van der Waals surface area contributed by atoms with Crippen molar-refractivity contribution >= 4 is 5.97 Å². The Morgan fingerprint density at radius 2 is 2.05 bits per heavy atom. The van der Waals surface area contributed by atoms with Crippen LogP contribution in [0.2, 0.25) is 0 Å². The van der Waals surface area contributed by atoms with Crippen LogP contribution < -0.4 is 0 Å². The van der Waals surface area contributed by atoms with Crippen LogP contribution in [0.1, 0.15) is 28.6 Å². The number of benzene rings is 1. The van der Waals surface area contributed by atoms with Crippen molar-refractivity contribution in [1.29, 1.82) is 0 Å². The van der Waals surface area contributed by atoms with Gasteiger partial charge >= 0.3 is 12.1 Å². The van der Waals surface area contributed by atoms with Gasteiger partial charge in [0.1, 0.15) is 22.8 Å². The van der Waals surface area contributed by atoms with Crippen molar-refractivity contribution in [2.75, 3.05) is 6.61 Å². The predicted molar refractivity (Wildman–Crippen MR) is 67.6 cm³/mol. The molecule has 0 aliphatic rings. The summed E-state index contributed by atoms with van der Waals surface area (Å²) in [4.78, 5) is 11.8. The van der Waals surface area contributed by atoms with E-state index in [4.69, 9.17) is 9.26 Å².